The molecule has 114 valence electrons. The van der Waals surface area contributed by atoms with Crippen molar-refractivity contribution in [3.05, 3.63) is 17.0 Å². The van der Waals surface area contributed by atoms with E-state index in [0.29, 0.717) is 4.21 Å². The predicted molar refractivity (Wildman–Crippen MR) is 83.5 cm³/mol. The normalized spacial score (nSPS) is 19.1. The minimum absolute atomic E-state index is 0.275. The lowest BCUT2D eigenvalue weighted by molar-refractivity contribution is 0.294. The Morgan fingerprint density at radius 1 is 1.25 bits per heavy atom. The highest BCUT2D eigenvalue weighted by atomic mass is 32.2. The van der Waals surface area contributed by atoms with Crippen LogP contribution in [0.3, 0.4) is 0 Å². The zero-order chi connectivity index (χ0) is 14.6. The summed E-state index contributed by atoms with van der Waals surface area (Å²) in [5, 5.41) is 3.21. The molecule has 2 N–H and O–H groups in total. The van der Waals surface area contributed by atoms with E-state index in [2.05, 4.69) is 10.0 Å². The number of nitrogens with one attached hydrogen (secondary N) is 2. The molecular formula is C14H24N2O2S2. The molecule has 0 spiro atoms. The summed E-state index contributed by atoms with van der Waals surface area (Å²) in [6.45, 7) is 5.68. The topological polar surface area (TPSA) is 58.2 Å². The second-order valence-electron chi connectivity index (χ2n) is 5.73. The first-order chi connectivity index (χ1) is 9.45. The van der Waals surface area contributed by atoms with Crippen LogP contribution in [-0.4, -0.2) is 20.5 Å². The van der Waals surface area contributed by atoms with Crippen molar-refractivity contribution in [1.82, 2.24) is 10.0 Å². The van der Waals surface area contributed by atoms with Gasteiger partial charge in [-0.3, -0.25) is 0 Å². The van der Waals surface area contributed by atoms with Crippen LogP contribution in [0.5, 0.6) is 0 Å². The fourth-order valence-corrected chi connectivity index (χ4v) is 5.45. The molecule has 1 heterocycles. The fraction of sp³-hybridized carbons (Fsp3) is 0.714. The van der Waals surface area contributed by atoms with Crippen molar-refractivity contribution in [3.8, 4) is 0 Å². The van der Waals surface area contributed by atoms with Crippen LogP contribution >= 0.6 is 11.3 Å². The summed E-state index contributed by atoms with van der Waals surface area (Å²) in [5.41, 5.74) is -0.275. The van der Waals surface area contributed by atoms with Gasteiger partial charge in [0.1, 0.15) is 4.21 Å². The smallest absolute Gasteiger partial charge is 0.250 e. The van der Waals surface area contributed by atoms with Gasteiger partial charge in [-0.25, -0.2) is 13.1 Å². The van der Waals surface area contributed by atoms with E-state index in [0.717, 1.165) is 43.6 Å². The van der Waals surface area contributed by atoms with Gasteiger partial charge in [0.05, 0.1) is 0 Å². The number of sulfonamides is 1. The molecule has 0 bridgehead atoms. The van der Waals surface area contributed by atoms with Gasteiger partial charge in [0.2, 0.25) is 0 Å². The maximum absolute atomic E-state index is 12.5. The first-order valence-corrected chi connectivity index (χ1v) is 9.59. The van der Waals surface area contributed by atoms with Crippen LogP contribution in [0.15, 0.2) is 16.3 Å². The minimum Gasteiger partial charge on any atom is -0.312 e. The molecule has 2 rings (SSSR count). The third-order valence-corrected chi connectivity index (χ3v) is 7.00. The first kappa shape index (κ1) is 15.9. The summed E-state index contributed by atoms with van der Waals surface area (Å²) in [6, 6.07) is 3.61. The van der Waals surface area contributed by atoms with E-state index < -0.39 is 10.0 Å². The monoisotopic (exact) mass is 316 g/mol. The van der Waals surface area contributed by atoms with Crippen molar-refractivity contribution in [2.75, 3.05) is 6.54 Å². The van der Waals surface area contributed by atoms with Crippen LogP contribution in [0.2, 0.25) is 0 Å². The summed E-state index contributed by atoms with van der Waals surface area (Å²) < 4.78 is 28.3. The van der Waals surface area contributed by atoms with E-state index in [4.69, 9.17) is 0 Å². The molecular weight excluding hydrogens is 292 g/mol. The molecule has 1 fully saturated rings. The highest BCUT2D eigenvalue weighted by Gasteiger charge is 2.32. The second-order valence-corrected chi connectivity index (χ2v) is 8.81. The lowest BCUT2D eigenvalue weighted by atomic mass is 9.84. The average molecular weight is 316 g/mol. The van der Waals surface area contributed by atoms with E-state index in [1.165, 1.54) is 17.8 Å². The van der Waals surface area contributed by atoms with Gasteiger partial charge in [0.15, 0.2) is 0 Å². The Morgan fingerprint density at radius 3 is 2.60 bits per heavy atom. The average Bonchev–Trinajstić information content (AvgIpc) is 2.85. The fourth-order valence-electron chi connectivity index (χ4n) is 2.65. The SMILES string of the molecule is CCNCc1ccc(S(=O)(=O)NC2(C)CCCCC2)s1. The Morgan fingerprint density at radius 2 is 1.95 bits per heavy atom. The van der Waals surface area contributed by atoms with Crippen LogP contribution in [0, 0.1) is 0 Å². The van der Waals surface area contributed by atoms with E-state index in [1.807, 2.05) is 19.9 Å². The third kappa shape index (κ3) is 4.04. The van der Waals surface area contributed by atoms with Crippen molar-refractivity contribution in [2.24, 2.45) is 0 Å². The van der Waals surface area contributed by atoms with Gasteiger partial charge in [-0.1, -0.05) is 26.2 Å². The first-order valence-electron chi connectivity index (χ1n) is 7.29. The van der Waals surface area contributed by atoms with Gasteiger partial charge in [0, 0.05) is 17.0 Å². The molecule has 0 atom stereocenters. The van der Waals surface area contributed by atoms with Crippen molar-refractivity contribution in [2.45, 2.75) is 62.2 Å². The van der Waals surface area contributed by atoms with Gasteiger partial charge in [0.25, 0.3) is 10.0 Å². The Hall–Kier alpha value is -0.430. The zero-order valence-electron chi connectivity index (χ0n) is 12.2. The third-order valence-electron chi connectivity index (χ3n) is 3.79. The number of hydrogen-bond donors (Lipinski definition) is 2. The highest BCUT2D eigenvalue weighted by Crippen LogP contribution is 2.30. The Bertz CT molecular complexity index is 531. The molecule has 4 nitrogen and oxygen atoms in total. The predicted octanol–water partition coefficient (Wildman–Crippen LogP) is 2.86. The maximum Gasteiger partial charge on any atom is 0.250 e. The van der Waals surface area contributed by atoms with E-state index in [-0.39, 0.29) is 5.54 Å². The standard InChI is InChI=1S/C14H24N2O2S2/c1-3-15-11-12-7-8-13(19-12)20(17,18)16-14(2)9-5-4-6-10-14/h7-8,15-16H,3-6,9-11H2,1-2H3. The lowest BCUT2D eigenvalue weighted by Crippen LogP contribution is -2.46. The van der Waals surface area contributed by atoms with Crippen molar-refractivity contribution in [1.29, 1.82) is 0 Å². The van der Waals surface area contributed by atoms with Gasteiger partial charge in [-0.05, 0) is 38.4 Å². The molecule has 0 aromatic carbocycles. The Labute approximate surface area is 126 Å². The van der Waals surface area contributed by atoms with E-state index >= 15 is 0 Å². The molecule has 1 aliphatic rings. The molecule has 1 aromatic rings. The summed E-state index contributed by atoms with van der Waals surface area (Å²) >= 11 is 1.35. The maximum atomic E-state index is 12.5. The van der Waals surface area contributed by atoms with Gasteiger partial charge in [-0.2, -0.15) is 0 Å². The summed E-state index contributed by atoms with van der Waals surface area (Å²) in [6.07, 6.45) is 5.29. The molecule has 0 saturated heterocycles. The summed E-state index contributed by atoms with van der Waals surface area (Å²) in [4.78, 5) is 1.06. The molecule has 6 heteroatoms. The van der Waals surface area contributed by atoms with Crippen molar-refractivity contribution in [3.63, 3.8) is 0 Å². The second kappa shape index (κ2) is 6.56. The van der Waals surface area contributed by atoms with Crippen LogP contribution in [0.1, 0.15) is 50.8 Å². The number of hydrogen-bond acceptors (Lipinski definition) is 4. The van der Waals surface area contributed by atoms with Crippen molar-refractivity contribution >= 4 is 21.4 Å². The molecule has 0 amide bonds. The quantitative estimate of drug-likeness (QED) is 0.848. The molecule has 1 saturated carbocycles. The van der Waals surface area contributed by atoms with Gasteiger partial charge >= 0.3 is 0 Å². The largest absolute Gasteiger partial charge is 0.312 e. The molecule has 0 radical (unpaired) electrons. The van der Waals surface area contributed by atoms with Gasteiger partial charge < -0.3 is 5.32 Å². The molecule has 20 heavy (non-hydrogen) atoms. The van der Waals surface area contributed by atoms with Gasteiger partial charge in [-0.15, -0.1) is 11.3 Å². The minimum atomic E-state index is -3.38. The summed E-state index contributed by atoms with van der Waals surface area (Å²) in [5.74, 6) is 0. The summed E-state index contributed by atoms with van der Waals surface area (Å²) in [7, 11) is -3.38. The van der Waals surface area contributed by atoms with E-state index in [9.17, 15) is 8.42 Å². The molecule has 0 aliphatic heterocycles. The number of thiophene rings is 1. The lowest BCUT2D eigenvalue weighted by Gasteiger charge is -2.33. The van der Waals surface area contributed by atoms with Crippen LogP contribution in [0.4, 0.5) is 0 Å². The number of rotatable bonds is 6. The van der Waals surface area contributed by atoms with E-state index in [1.54, 1.807) is 6.07 Å². The van der Waals surface area contributed by atoms with Crippen LogP contribution in [0.25, 0.3) is 0 Å². The van der Waals surface area contributed by atoms with Crippen molar-refractivity contribution < 1.29 is 8.42 Å². The zero-order valence-corrected chi connectivity index (χ0v) is 13.9. The molecule has 1 aliphatic carbocycles. The Balaban J connectivity index is 2.07. The van der Waals surface area contributed by atoms with Crippen LogP contribution in [-0.2, 0) is 16.6 Å². The Kier molecular flexibility index (Phi) is 5.23. The van der Waals surface area contributed by atoms with Crippen LogP contribution < -0.4 is 10.0 Å². The molecule has 0 unspecified atom stereocenters. The highest BCUT2D eigenvalue weighted by molar-refractivity contribution is 7.91. The molecule has 1 aromatic heterocycles.